The summed E-state index contributed by atoms with van der Waals surface area (Å²) in [6.07, 6.45) is 8.64. The molecule has 0 fully saturated rings. The van der Waals surface area contributed by atoms with E-state index in [-0.39, 0.29) is 0 Å². The first-order valence-corrected chi connectivity index (χ1v) is 20.0. The molecular formula is C10H20ClIr. The number of rotatable bonds is 1. The third-order valence-corrected chi connectivity index (χ3v) is 12.8. The quantitative estimate of drug-likeness (QED) is 0.608. The second-order valence-electron chi connectivity index (χ2n) is 6.18. The third-order valence-electron chi connectivity index (χ3n) is 1.88. The van der Waals surface area contributed by atoms with E-state index in [1.54, 1.807) is 0 Å². The van der Waals surface area contributed by atoms with Crippen molar-refractivity contribution in [3.63, 3.8) is 0 Å². The molecule has 0 nitrogen and oxygen atoms in total. The molecule has 76 valence electrons. The van der Waals surface area contributed by atoms with Crippen LogP contribution in [-0.4, -0.2) is 0 Å². The van der Waals surface area contributed by atoms with Crippen LogP contribution in [0.2, 0.25) is 31.6 Å². The zero-order chi connectivity index (χ0) is 9.78. The molecule has 0 saturated heterocycles. The molecule has 0 radical (unpaired) electrons. The first-order chi connectivity index (χ1) is 4.80. The molecule has 1 aliphatic rings. The van der Waals surface area contributed by atoms with Crippen LogP contribution in [0.25, 0.3) is 0 Å². The molecule has 1 aliphatic carbocycles. The predicted octanol–water partition coefficient (Wildman–Crippen LogP) is 5.06. The van der Waals surface area contributed by atoms with Gasteiger partial charge in [-0.15, -0.1) is 0 Å². The van der Waals surface area contributed by atoms with Crippen LogP contribution in [0.1, 0.15) is 0 Å². The van der Waals surface area contributed by atoms with Crippen LogP contribution < -0.4 is 0 Å². The molecule has 0 aromatic carbocycles. The molecule has 0 saturated carbocycles. The van der Waals surface area contributed by atoms with Gasteiger partial charge in [-0.2, -0.15) is 0 Å². The second kappa shape index (κ2) is 1.53. The van der Waals surface area contributed by atoms with Crippen molar-refractivity contribution in [2.75, 3.05) is 0 Å². The molecule has 12 heavy (non-hydrogen) atoms. The van der Waals surface area contributed by atoms with E-state index in [4.69, 9.17) is 9.58 Å². The average molecular weight is 368 g/mol. The minimum atomic E-state index is -3.67. The molecule has 0 aromatic rings. The molecule has 0 aromatic heterocycles. The van der Waals surface area contributed by atoms with E-state index in [0.717, 1.165) is 0 Å². The van der Waals surface area contributed by atoms with Crippen LogP contribution in [0.4, 0.5) is 0 Å². The summed E-state index contributed by atoms with van der Waals surface area (Å²) in [4.78, 5) is 0. The molecule has 2 heteroatoms. The average Bonchev–Trinajstić information content (AvgIpc) is 1.99. The summed E-state index contributed by atoms with van der Waals surface area (Å²) in [7, 11) is 3.31. The van der Waals surface area contributed by atoms with Gasteiger partial charge in [-0.3, -0.25) is 0 Å². The van der Waals surface area contributed by atoms with Gasteiger partial charge in [0.1, 0.15) is 0 Å². The Balaban J connectivity index is 3.35. The first-order valence-electron chi connectivity index (χ1n) is 3.65. The Morgan fingerprint density at radius 3 is 1.42 bits per heavy atom. The summed E-state index contributed by atoms with van der Waals surface area (Å²) in [5, 5.41) is 0. The van der Waals surface area contributed by atoms with Crippen LogP contribution in [0.5, 0.6) is 0 Å². The van der Waals surface area contributed by atoms with Crippen molar-refractivity contribution in [1.29, 1.82) is 0 Å². The van der Waals surface area contributed by atoms with E-state index in [0.29, 0.717) is 4.43 Å². The molecule has 0 spiro atoms. The molecule has 0 amide bonds. The van der Waals surface area contributed by atoms with E-state index in [1.807, 2.05) is 0 Å². The number of allylic oxidation sites excluding steroid dienone is 4. The maximum atomic E-state index is 6.98. The third kappa shape index (κ3) is 2.45. The summed E-state index contributed by atoms with van der Waals surface area (Å²) in [6, 6.07) is 0. The van der Waals surface area contributed by atoms with Crippen molar-refractivity contribution in [2.45, 2.75) is 31.6 Å². The van der Waals surface area contributed by atoms with Gasteiger partial charge in [0, 0.05) is 0 Å². The molecule has 1 rings (SSSR count). The minimum absolute atomic E-state index is 0.435. The van der Waals surface area contributed by atoms with E-state index < -0.39 is 10.7 Å². The Hall–Kier alpha value is 0.419. The molecule has 0 unspecified atom stereocenters. The summed E-state index contributed by atoms with van der Waals surface area (Å²) >= 11 is 0. The summed E-state index contributed by atoms with van der Waals surface area (Å²) < 4.78 is 0.435. The fraction of sp³-hybridized carbons (Fsp3) is 0.600. The van der Waals surface area contributed by atoms with Gasteiger partial charge in [0.15, 0.2) is 0 Å². The van der Waals surface area contributed by atoms with E-state index in [9.17, 15) is 0 Å². The normalized spacial score (nSPS) is 27.7. The van der Waals surface area contributed by atoms with Gasteiger partial charge in [-0.05, 0) is 0 Å². The summed E-state index contributed by atoms with van der Waals surface area (Å²) in [5.41, 5.74) is 11.3. The Kier molecular flexibility index (Phi) is 1.34. The van der Waals surface area contributed by atoms with Crippen LogP contribution in [0.3, 0.4) is 0 Å². The van der Waals surface area contributed by atoms with Crippen molar-refractivity contribution in [1.82, 2.24) is 0 Å². The van der Waals surface area contributed by atoms with Gasteiger partial charge in [0.25, 0.3) is 0 Å². The van der Waals surface area contributed by atoms with Crippen molar-refractivity contribution in [3.05, 3.63) is 24.3 Å². The van der Waals surface area contributed by atoms with E-state index in [2.05, 4.69) is 51.5 Å². The molecule has 0 heterocycles. The van der Waals surface area contributed by atoms with Gasteiger partial charge in [-0.1, -0.05) is 0 Å². The Bertz CT molecular complexity index is 262. The van der Waals surface area contributed by atoms with Gasteiger partial charge in [0.05, 0.1) is 0 Å². The van der Waals surface area contributed by atoms with Crippen molar-refractivity contribution in [3.8, 4) is 0 Å². The Morgan fingerprint density at radius 2 is 1.25 bits per heavy atom. The number of hydrogen-bond acceptors (Lipinski definition) is 0. The predicted molar refractivity (Wildman–Crippen MR) is 57.2 cm³/mol. The Morgan fingerprint density at radius 1 is 0.917 bits per heavy atom. The van der Waals surface area contributed by atoms with Crippen LogP contribution in [0.15, 0.2) is 24.3 Å². The summed E-state index contributed by atoms with van der Waals surface area (Å²) in [5.74, 6) is 0. The zero-order valence-corrected chi connectivity index (χ0v) is 11.7. The topological polar surface area (TPSA) is 0 Å². The van der Waals surface area contributed by atoms with E-state index >= 15 is 0 Å². The van der Waals surface area contributed by atoms with Crippen molar-refractivity contribution >= 4 is 9.58 Å². The molecule has 0 atom stereocenters. The van der Waals surface area contributed by atoms with Crippen LogP contribution >= 0.6 is 9.58 Å². The monoisotopic (exact) mass is 368 g/mol. The van der Waals surface area contributed by atoms with Crippen molar-refractivity contribution in [2.24, 2.45) is 0 Å². The maximum absolute atomic E-state index is 6.98. The molecule has 0 bridgehead atoms. The van der Waals surface area contributed by atoms with Gasteiger partial charge < -0.3 is 0 Å². The SMILES string of the molecule is [CH3][Ir]([CH3])([CH3])([CH3])([CH3])([Cl])[CH]1C=CC=C1. The first kappa shape index (κ1) is 10.5. The van der Waals surface area contributed by atoms with Crippen LogP contribution in [0, 0.1) is 0 Å². The fourth-order valence-corrected chi connectivity index (χ4v) is 7.37. The molecule has 0 N–H and O–H groups in total. The Labute approximate surface area is 76.1 Å². The zero-order valence-electron chi connectivity index (χ0n) is 8.60. The van der Waals surface area contributed by atoms with E-state index in [1.165, 1.54) is 0 Å². The molecular weight excluding hydrogens is 348 g/mol. The standard InChI is InChI=1S/C5H5.5CH3.ClH.Ir/c1-2-4-5-3-1;;;;;;;/h1-5H;5*1H3;1H;/q;;;;;;;+1/p-1. The van der Waals surface area contributed by atoms with Gasteiger partial charge in [0.2, 0.25) is 0 Å². The van der Waals surface area contributed by atoms with Gasteiger partial charge >= 0.3 is 76.2 Å². The second-order valence-corrected chi connectivity index (χ2v) is 55.2. The van der Waals surface area contributed by atoms with Gasteiger partial charge in [-0.25, -0.2) is 0 Å². The fourth-order valence-electron chi connectivity index (χ4n) is 1.08. The van der Waals surface area contributed by atoms with Crippen molar-refractivity contribution < 1.29 is 10.7 Å². The molecule has 0 aliphatic heterocycles. The number of hydrogen-bond donors (Lipinski definition) is 0. The van der Waals surface area contributed by atoms with Crippen LogP contribution in [-0.2, 0) is 10.7 Å². The number of halogens is 1. The summed E-state index contributed by atoms with van der Waals surface area (Å²) in [6.45, 7) is 0.